The third kappa shape index (κ3) is 5.15. The highest BCUT2D eigenvalue weighted by atomic mass is 16.2. The fraction of sp³-hybridized carbons (Fsp3) is 0.522. The molecule has 2 aromatic rings. The highest BCUT2D eigenvalue weighted by Gasteiger charge is 2.31. The maximum atomic E-state index is 13.2. The fourth-order valence-electron chi connectivity index (χ4n) is 4.02. The van der Waals surface area contributed by atoms with Crippen molar-refractivity contribution in [1.29, 1.82) is 0 Å². The van der Waals surface area contributed by atoms with Crippen molar-refractivity contribution in [3.05, 3.63) is 47.4 Å². The van der Waals surface area contributed by atoms with Gasteiger partial charge in [-0.2, -0.15) is 0 Å². The number of hydrogen-bond donors (Lipinski definition) is 1. The molecule has 0 aliphatic carbocycles. The summed E-state index contributed by atoms with van der Waals surface area (Å²) in [5.74, 6) is 1.84. The van der Waals surface area contributed by atoms with Crippen molar-refractivity contribution in [2.45, 2.75) is 39.3 Å². The Morgan fingerprint density at radius 3 is 2.73 bits per heavy atom. The van der Waals surface area contributed by atoms with Crippen molar-refractivity contribution >= 4 is 17.4 Å². The molecule has 1 N–H and O–H groups in total. The summed E-state index contributed by atoms with van der Waals surface area (Å²) in [4.78, 5) is 28.9. The van der Waals surface area contributed by atoms with Gasteiger partial charge in [0.25, 0.3) is 0 Å². The second-order valence-corrected chi connectivity index (χ2v) is 8.11. The number of rotatable bonds is 8. The minimum Gasteiger partial charge on any atom is -0.363 e. The quantitative estimate of drug-likeness (QED) is 0.722. The van der Waals surface area contributed by atoms with E-state index in [9.17, 15) is 4.79 Å². The monoisotopic (exact) mass is 410 g/mol. The number of anilines is 2. The van der Waals surface area contributed by atoms with Crippen LogP contribution in [-0.2, 0) is 11.3 Å². The molecule has 0 spiro atoms. The molecule has 3 rings (SSSR count). The van der Waals surface area contributed by atoms with Gasteiger partial charge in [-0.1, -0.05) is 12.1 Å². The molecule has 1 atom stereocenters. The molecule has 30 heavy (non-hydrogen) atoms. The van der Waals surface area contributed by atoms with Crippen LogP contribution < -0.4 is 15.1 Å². The lowest BCUT2D eigenvalue weighted by atomic mass is 10.2. The Kier molecular flexibility index (Phi) is 7.39. The average Bonchev–Trinajstić information content (AvgIpc) is 3.16. The number of amides is 1. The molecular formula is C23H34N6O. The molecule has 1 aromatic heterocycles. The first-order valence-electron chi connectivity index (χ1n) is 10.7. The van der Waals surface area contributed by atoms with Crippen LogP contribution in [-0.4, -0.2) is 61.6 Å². The second kappa shape index (κ2) is 10.00. The number of aryl methyl sites for hydroxylation is 1. The zero-order valence-corrected chi connectivity index (χ0v) is 18.9. The molecule has 1 aromatic carbocycles. The van der Waals surface area contributed by atoms with E-state index in [1.165, 1.54) is 0 Å². The highest BCUT2D eigenvalue weighted by Crippen LogP contribution is 2.31. The summed E-state index contributed by atoms with van der Waals surface area (Å²) in [5, 5.41) is 3.17. The Morgan fingerprint density at radius 1 is 1.27 bits per heavy atom. The number of carbonyl (C=O) groups is 1. The fourth-order valence-corrected chi connectivity index (χ4v) is 4.02. The number of likely N-dealkylation sites (N-methyl/N-ethyl adjacent to an activating group) is 1. The van der Waals surface area contributed by atoms with Gasteiger partial charge in [0.1, 0.15) is 11.6 Å². The third-order valence-corrected chi connectivity index (χ3v) is 5.53. The molecule has 1 amide bonds. The summed E-state index contributed by atoms with van der Waals surface area (Å²) in [6, 6.07) is 10.2. The van der Waals surface area contributed by atoms with Gasteiger partial charge in [-0.15, -0.1) is 0 Å². The molecule has 0 saturated carbocycles. The van der Waals surface area contributed by atoms with E-state index in [0.29, 0.717) is 19.6 Å². The van der Waals surface area contributed by atoms with E-state index in [4.69, 9.17) is 9.97 Å². The molecule has 7 heteroatoms. The van der Waals surface area contributed by atoms with Gasteiger partial charge in [0, 0.05) is 38.9 Å². The molecule has 0 bridgehead atoms. The lowest BCUT2D eigenvalue weighted by Gasteiger charge is -2.28. The zero-order valence-electron chi connectivity index (χ0n) is 18.9. The van der Waals surface area contributed by atoms with Crippen LogP contribution in [0, 0.1) is 6.92 Å². The van der Waals surface area contributed by atoms with E-state index in [1.54, 1.807) is 0 Å². The van der Waals surface area contributed by atoms with E-state index in [2.05, 4.69) is 29.3 Å². The molecule has 7 nitrogen and oxygen atoms in total. The van der Waals surface area contributed by atoms with Crippen LogP contribution in [0.4, 0.5) is 11.5 Å². The maximum absolute atomic E-state index is 13.2. The Labute approximate surface area is 180 Å². The average molecular weight is 411 g/mol. The van der Waals surface area contributed by atoms with Crippen molar-refractivity contribution in [2.24, 2.45) is 0 Å². The highest BCUT2D eigenvalue weighted by molar-refractivity contribution is 5.94. The number of nitrogens with one attached hydrogen (secondary N) is 1. The summed E-state index contributed by atoms with van der Waals surface area (Å²) >= 11 is 0. The van der Waals surface area contributed by atoms with Gasteiger partial charge in [-0.25, -0.2) is 9.97 Å². The van der Waals surface area contributed by atoms with E-state index >= 15 is 0 Å². The standard InChI is InChI=1S/C23H34N6O/c1-6-29(19-10-7-9-17(2)13-19)22(30)16-28-12-8-11-20(28)23-25-18(15-24-3)14-21(26-23)27(4)5/h7,9-10,13-14,20,24H,6,8,11-12,15-16H2,1-5H3/t20-/m1/s1. The number of hydrogen-bond acceptors (Lipinski definition) is 6. The van der Waals surface area contributed by atoms with Gasteiger partial charge in [0.2, 0.25) is 5.91 Å². The van der Waals surface area contributed by atoms with Gasteiger partial charge in [0.15, 0.2) is 0 Å². The van der Waals surface area contributed by atoms with Gasteiger partial charge in [-0.05, 0) is 58.0 Å². The first kappa shape index (κ1) is 22.2. The van der Waals surface area contributed by atoms with Gasteiger partial charge in [0.05, 0.1) is 18.3 Å². The van der Waals surface area contributed by atoms with E-state index in [-0.39, 0.29) is 11.9 Å². The van der Waals surface area contributed by atoms with Crippen LogP contribution >= 0.6 is 0 Å². The molecule has 1 saturated heterocycles. The van der Waals surface area contributed by atoms with Crippen LogP contribution in [0.5, 0.6) is 0 Å². The predicted octanol–water partition coefficient (Wildman–Crippen LogP) is 2.76. The lowest BCUT2D eigenvalue weighted by Crippen LogP contribution is -2.40. The first-order valence-corrected chi connectivity index (χ1v) is 10.7. The molecule has 0 unspecified atom stereocenters. The van der Waals surface area contributed by atoms with Crippen molar-refractivity contribution in [3.63, 3.8) is 0 Å². The number of carbonyl (C=O) groups excluding carboxylic acids is 1. The summed E-state index contributed by atoms with van der Waals surface area (Å²) in [6.07, 6.45) is 2.02. The van der Waals surface area contributed by atoms with Crippen LogP contribution in [0.3, 0.4) is 0 Å². The summed E-state index contributed by atoms with van der Waals surface area (Å²) in [5.41, 5.74) is 3.09. The van der Waals surface area contributed by atoms with Gasteiger partial charge < -0.3 is 15.1 Å². The Bertz CT molecular complexity index is 869. The molecule has 1 aliphatic rings. The first-order chi connectivity index (χ1) is 14.4. The molecule has 0 radical (unpaired) electrons. The lowest BCUT2D eigenvalue weighted by molar-refractivity contribution is -0.120. The minimum atomic E-state index is 0.0701. The van der Waals surface area contributed by atoms with Crippen LogP contribution in [0.2, 0.25) is 0 Å². The van der Waals surface area contributed by atoms with Crippen LogP contribution in [0.25, 0.3) is 0 Å². The van der Waals surface area contributed by atoms with Crippen LogP contribution in [0.1, 0.15) is 42.9 Å². The van der Waals surface area contributed by atoms with E-state index in [1.807, 2.05) is 56.1 Å². The topological polar surface area (TPSA) is 64.6 Å². The molecule has 162 valence electrons. The summed E-state index contributed by atoms with van der Waals surface area (Å²) in [6.45, 7) is 6.69. The zero-order chi connectivity index (χ0) is 21.7. The minimum absolute atomic E-state index is 0.0701. The van der Waals surface area contributed by atoms with Crippen molar-refractivity contribution in [2.75, 3.05) is 50.6 Å². The van der Waals surface area contributed by atoms with Crippen molar-refractivity contribution < 1.29 is 4.79 Å². The second-order valence-electron chi connectivity index (χ2n) is 8.11. The van der Waals surface area contributed by atoms with Crippen molar-refractivity contribution in [3.8, 4) is 0 Å². The molecule has 1 aliphatic heterocycles. The van der Waals surface area contributed by atoms with Crippen molar-refractivity contribution in [1.82, 2.24) is 20.2 Å². The Hall–Kier alpha value is -2.51. The number of likely N-dealkylation sites (tertiary alicyclic amines) is 1. The molecule has 1 fully saturated rings. The number of aromatic nitrogens is 2. The normalized spacial score (nSPS) is 16.6. The molecular weight excluding hydrogens is 376 g/mol. The largest absolute Gasteiger partial charge is 0.363 e. The van der Waals surface area contributed by atoms with Gasteiger partial charge in [-0.3, -0.25) is 9.69 Å². The SMILES string of the molecule is CCN(C(=O)CN1CCC[C@@H]1c1nc(CNC)cc(N(C)C)n1)c1cccc(C)c1. The van der Waals surface area contributed by atoms with E-state index in [0.717, 1.165) is 48.0 Å². The summed E-state index contributed by atoms with van der Waals surface area (Å²) < 4.78 is 0. The molecule has 2 heterocycles. The summed E-state index contributed by atoms with van der Waals surface area (Å²) in [7, 11) is 5.90. The number of benzene rings is 1. The maximum Gasteiger partial charge on any atom is 0.241 e. The smallest absolute Gasteiger partial charge is 0.241 e. The van der Waals surface area contributed by atoms with E-state index < -0.39 is 0 Å². The Balaban J connectivity index is 1.81. The Morgan fingerprint density at radius 2 is 2.07 bits per heavy atom. The third-order valence-electron chi connectivity index (χ3n) is 5.53. The number of nitrogens with zero attached hydrogens (tertiary/aromatic N) is 5. The predicted molar refractivity (Wildman–Crippen MR) is 122 cm³/mol. The van der Waals surface area contributed by atoms with Crippen LogP contribution in [0.15, 0.2) is 30.3 Å². The van der Waals surface area contributed by atoms with Gasteiger partial charge >= 0.3 is 0 Å².